The lowest BCUT2D eigenvalue weighted by atomic mass is 9.87. The van der Waals surface area contributed by atoms with Gasteiger partial charge in [-0.25, -0.2) is 0 Å². The molecule has 3 aromatic rings. The number of azo groups is 1. The molecule has 0 aromatic heterocycles. The molecule has 26 heavy (non-hydrogen) atoms. The van der Waals surface area contributed by atoms with Crippen LogP contribution in [0.4, 0.5) is 17.1 Å². The molecule has 3 rings (SSSR count). The zero-order valence-electron chi connectivity index (χ0n) is 14.8. The van der Waals surface area contributed by atoms with Crippen LogP contribution in [0.3, 0.4) is 0 Å². The van der Waals surface area contributed by atoms with E-state index in [-0.39, 0.29) is 28.2 Å². The van der Waals surface area contributed by atoms with Crippen LogP contribution < -0.4 is 0 Å². The van der Waals surface area contributed by atoms with Crippen molar-refractivity contribution in [3.63, 3.8) is 0 Å². The SMILES string of the molecule is CC(C)(C)c1ccc(/N=N/c2c(O)ccc3ccccc23)c([N+](=O)[O-])c1. The van der Waals surface area contributed by atoms with Crippen molar-refractivity contribution in [3.8, 4) is 5.75 Å². The summed E-state index contributed by atoms with van der Waals surface area (Å²) >= 11 is 0. The van der Waals surface area contributed by atoms with Gasteiger partial charge in [0.25, 0.3) is 5.69 Å². The second-order valence-corrected chi connectivity index (χ2v) is 7.07. The summed E-state index contributed by atoms with van der Waals surface area (Å²) in [4.78, 5) is 11.0. The standard InChI is InChI=1S/C20H19N3O3/c1-20(2,3)14-9-10-16(17(12-14)23(25)26)21-22-19-15-7-5-4-6-13(15)8-11-18(19)24/h4-12,24H,1-3H3/b22-21+. The van der Waals surface area contributed by atoms with Crippen LogP contribution in [0.1, 0.15) is 26.3 Å². The number of phenols is 1. The normalized spacial score (nSPS) is 12.0. The third kappa shape index (κ3) is 3.39. The summed E-state index contributed by atoms with van der Waals surface area (Å²) in [7, 11) is 0. The van der Waals surface area contributed by atoms with E-state index in [4.69, 9.17) is 0 Å². The highest BCUT2D eigenvalue weighted by Gasteiger charge is 2.21. The van der Waals surface area contributed by atoms with E-state index in [9.17, 15) is 15.2 Å². The Hall–Kier alpha value is -3.28. The van der Waals surface area contributed by atoms with Crippen molar-refractivity contribution in [2.45, 2.75) is 26.2 Å². The third-order valence-corrected chi connectivity index (χ3v) is 4.18. The summed E-state index contributed by atoms with van der Waals surface area (Å²) in [6.07, 6.45) is 0. The summed E-state index contributed by atoms with van der Waals surface area (Å²) in [5, 5.41) is 31.4. The number of nitro benzene ring substituents is 1. The summed E-state index contributed by atoms with van der Waals surface area (Å²) < 4.78 is 0. The van der Waals surface area contributed by atoms with Crippen molar-refractivity contribution in [2.75, 3.05) is 0 Å². The minimum Gasteiger partial charge on any atom is -0.506 e. The molecule has 1 N–H and O–H groups in total. The molecule has 0 radical (unpaired) electrons. The number of nitrogens with zero attached hydrogens (tertiary/aromatic N) is 3. The lowest BCUT2D eigenvalue weighted by Crippen LogP contribution is -2.11. The molecule has 6 heteroatoms. The van der Waals surface area contributed by atoms with E-state index in [2.05, 4.69) is 10.2 Å². The van der Waals surface area contributed by atoms with Gasteiger partial charge in [-0.1, -0.05) is 57.2 Å². The van der Waals surface area contributed by atoms with Gasteiger partial charge < -0.3 is 5.11 Å². The van der Waals surface area contributed by atoms with E-state index in [1.807, 2.05) is 51.1 Å². The number of hydrogen-bond acceptors (Lipinski definition) is 5. The number of nitro groups is 1. The topological polar surface area (TPSA) is 88.1 Å². The van der Waals surface area contributed by atoms with Crippen LogP contribution in [0.2, 0.25) is 0 Å². The predicted molar refractivity (Wildman–Crippen MR) is 102 cm³/mol. The van der Waals surface area contributed by atoms with Gasteiger partial charge in [0, 0.05) is 11.5 Å². The number of aromatic hydroxyl groups is 1. The smallest absolute Gasteiger partial charge is 0.297 e. The number of hydrogen-bond donors (Lipinski definition) is 1. The highest BCUT2D eigenvalue weighted by molar-refractivity contribution is 5.95. The Labute approximate surface area is 151 Å². The number of rotatable bonds is 3. The lowest BCUT2D eigenvalue weighted by Gasteiger charge is -2.18. The monoisotopic (exact) mass is 349 g/mol. The summed E-state index contributed by atoms with van der Waals surface area (Å²) in [5.41, 5.74) is 0.957. The summed E-state index contributed by atoms with van der Waals surface area (Å²) in [6, 6.07) is 15.7. The Balaban J connectivity index is 2.10. The molecule has 0 aliphatic heterocycles. The van der Waals surface area contributed by atoms with E-state index in [1.54, 1.807) is 12.1 Å². The zero-order valence-corrected chi connectivity index (χ0v) is 14.8. The largest absolute Gasteiger partial charge is 0.506 e. The number of fused-ring (bicyclic) bond motifs is 1. The fourth-order valence-electron chi connectivity index (χ4n) is 2.67. The fourth-order valence-corrected chi connectivity index (χ4v) is 2.67. The van der Waals surface area contributed by atoms with E-state index < -0.39 is 4.92 Å². The molecule has 0 unspecified atom stereocenters. The molecule has 0 atom stereocenters. The van der Waals surface area contributed by atoms with E-state index in [1.165, 1.54) is 12.1 Å². The van der Waals surface area contributed by atoms with Crippen LogP contribution in [-0.2, 0) is 5.41 Å². The number of phenolic OH excluding ortho intramolecular Hbond substituents is 1. The molecule has 0 aliphatic carbocycles. The molecule has 0 spiro atoms. The average Bonchev–Trinajstić information content (AvgIpc) is 2.60. The molecule has 0 saturated carbocycles. The lowest BCUT2D eigenvalue weighted by molar-refractivity contribution is -0.384. The molecule has 0 amide bonds. The first-order chi connectivity index (χ1) is 12.3. The fraction of sp³-hybridized carbons (Fsp3) is 0.200. The van der Waals surface area contributed by atoms with Crippen molar-refractivity contribution >= 4 is 27.8 Å². The molecule has 6 nitrogen and oxygen atoms in total. The summed E-state index contributed by atoms with van der Waals surface area (Å²) in [5.74, 6) is -0.0265. The highest BCUT2D eigenvalue weighted by Crippen LogP contribution is 2.38. The molecule has 0 aliphatic rings. The highest BCUT2D eigenvalue weighted by atomic mass is 16.6. The van der Waals surface area contributed by atoms with Gasteiger partial charge in [-0.15, -0.1) is 10.2 Å². The van der Waals surface area contributed by atoms with Crippen LogP contribution in [0.5, 0.6) is 5.75 Å². The van der Waals surface area contributed by atoms with Crippen molar-refractivity contribution in [1.29, 1.82) is 0 Å². The van der Waals surface area contributed by atoms with Gasteiger partial charge in [0.15, 0.2) is 5.69 Å². The van der Waals surface area contributed by atoms with E-state index in [0.717, 1.165) is 16.3 Å². The van der Waals surface area contributed by atoms with Crippen molar-refractivity contribution in [2.24, 2.45) is 10.2 Å². The van der Waals surface area contributed by atoms with Crippen LogP contribution in [0, 0.1) is 10.1 Å². The summed E-state index contributed by atoms with van der Waals surface area (Å²) in [6.45, 7) is 5.96. The number of benzene rings is 3. The predicted octanol–water partition coefficient (Wildman–Crippen LogP) is 6.17. The van der Waals surface area contributed by atoms with Crippen LogP contribution in [0.25, 0.3) is 10.8 Å². The van der Waals surface area contributed by atoms with Gasteiger partial charge in [0.05, 0.1) is 4.92 Å². The maximum absolute atomic E-state index is 11.4. The van der Waals surface area contributed by atoms with Crippen molar-refractivity contribution in [1.82, 2.24) is 0 Å². The average molecular weight is 349 g/mol. The first-order valence-electron chi connectivity index (χ1n) is 8.19. The molecule has 132 valence electrons. The van der Waals surface area contributed by atoms with Crippen molar-refractivity contribution < 1.29 is 10.0 Å². The first-order valence-corrected chi connectivity index (χ1v) is 8.19. The van der Waals surface area contributed by atoms with Gasteiger partial charge in [-0.2, -0.15) is 0 Å². The van der Waals surface area contributed by atoms with Crippen LogP contribution in [-0.4, -0.2) is 10.0 Å². The zero-order chi connectivity index (χ0) is 18.9. The Morgan fingerprint density at radius 2 is 1.73 bits per heavy atom. The maximum atomic E-state index is 11.4. The molecular formula is C20H19N3O3. The Morgan fingerprint density at radius 3 is 2.42 bits per heavy atom. The van der Waals surface area contributed by atoms with Gasteiger partial charge in [0.2, 0.25) is 0 Å². The molecule has 0 saturated heterocycles. The Morgan fingerprint density at radius 1 is 1.00 bits per heavy atom. The van der Waals surface area contributed by atoms with E-state index >= 15 is 0 Å². The Bertz CT molecular complexity index is 1020. The van der Waals surface area contributed by atoms with Crippen molar-refractivity contribution in [3.05, 3.63) is 70.3 Å². The van der Waals surface area contributed by atoms with Crippen LogP contribution >= 0.6 is 0 Å². The van der Waals surface area contributed by atoms with Gasteiger partial charge in [-0.05, 0) is 28.5 Å². The quantitative estimate of drug-likeness (QED) is 0.348. The first kappa shape index (κ1) is 17.5. The third-order valence-electron chi connectivity index (χ3n) is 4.18. The second kappa shape index (κ2) is 6.55. The minimum atomic E-state index is -0.466. The molecule has 0 bridgehead atoms. The maximum Gasteiger partial charge on any atom is 0.297 e. The minimum absolute atomic E-state index is 0.0265. The van der Waals surface area contributed by atoms with Gasteiger partial charge >= 0.3 is 0 Å². The molecule has 3 aromatic carbocycles. The van der Waals surface area contributed by atoms with E-state index in [0.29, 0.717) is 0 Å². The van der Waals surface area contributed by atoms with Gasteiger partial charge in [0.1, 0.15) is 11.4 Å². The van der Waals surface area contributed by atoms with Crippen LogP contribution in [0.15, 0.2) is 64.8 Å². The molecule has 0 heterocycles. The molecule has 0 fully saturated rings. The van der Waals surface area contributed by atoms with Gasteiger partial charge in [-0.3, -0.25) is 10.1 Å². The Kier molecular flexibility index (Phi) is 4.42. The molecular weight excluding hydrogens is 330 g/mol. The second-order valence-electron chi connectivity index (χ2n) is 7.07.